The van der Waals surface area contributed by atoms with Crippen molar-refractivity contribution in [3.63, 3.8) is 0 Å². The predicted molar refractivity (Wildman–Crippen MR) is 136 cm³/mol. The van der Waals surface area contributed by atoms with Crippen molar-refractivity contribution in [2.45, 2.75) is 52.5 Å². The summed E-state index contributed by atoms with van der Waals surface area (Å²) in [7, 11) is 0. The van der Waals surface area contributed by atoms with E-state index in [0.29, 0.717) is 19.5 Å². The zero-order chi connectivity index (χ0) is 21.5. The van der Waals surface area contributed by atoms with Gasteiger partial charge < -0.3 is 20.4 Å². The van der Waals surface area contributed by atoms with E-state index in [1.165, 1.54) is 5.56 Å². The normalized spacial score (nSPS) is 18.1. The maximum absolute atomic E-state index is 12.6. The minimum Gasteiger partial charge on any atom is -0.357 e. The highest BCUT2D eigenvalue weighted by Crippen LogP contribution is 2.28. The van der Waals surface area contributed by atoms with E-state index in [-0.39, 0.29) is 47.8 Å². The summed E-state index contributed by atoms with van der Waals surface area (Å²) in [5.74, 6) is 1.18. The van der Waals surface area contributed by atoms with Gasteiger partial charge in [-0.1, -0.05) is 32.0 Å². The maximum Gasteiger partial charge on any atom is 0.227 e. The number of likely N-dealkylation sites (tertiary alicyclic amines) is 1. The number of anilines is 1. The summed E-state index contributed by atoms with van der Waals surface area (Å²) >= 11 is 0. The lowest BCUT2D eigenvalue weighted by atomic mass is 10.2. The average Bonchev–Trinajstić information content (AvgIpc) is 3.37. The molecule has 1 aromatic rings. The van der Waals surface area contributed by atoms with Gasteiger partial charge in [-0.05, 0) is 37.8 Å². The van der Waals surface area contributed by atoms with E-state index in [1.54, 1.807) is 0 Å². The molecule has 0 aliphatic carbocycles. The van der Waals surface area contributed by atoms with E-state index in [4.69, 9.17) is 0 Å². The quantitative estimate of drug-likeness (QED) is 0.241. The molecule has 2 aliphatic rings. The van der Waals surface area contributed by atoms with Gasteiger partial charge in [0.05, 0.1) is 0 Å². The third-order valence-electron chi connectivity index (χ3n) is 5.69. The second-order valence-electron chi connectivity index (χ2n) is 8.36. The van der Waals surface area contributed by atoms with Crippen LogP contribution in [0.5, 0.6) is 0 Å². The lowest BCUT2D eigenvalue weighted by Gasteiger charge is -2.20. The predicted octanol–water partition coefficient (Wildman–Crippen LogP) is 2.79. The van der Waals surface area contributed by atoms with Gasteiger partial charge in [-0.2, -0.15) is 0 Å². The smallest absolute Gasteiger partial charge is 0.227 e. The average molecular weight is 541 g/mol. The number of hydrogen-bond donors (Lipinski definition) is 2. The van der Waals surface area contributed by atoms with Crippen molar-refractivity contribution in [3.05, 3.63) is 29.8 Å². The molecule has 0 aromatic heterocycles. The highest BCUT2D eigenvalue weighted by Gasteiger charge is 2.28. The molecule has 8 heteroatoms. The van der Waals surface area contributed by atoms with Gasteiger partial charge in [0.2, 0.25) is 11.8 Å². The van der Waals surface area contributed by atoms with Crippen LogP contribution in [0.15, 0.2) is 29.3 Å². The number of guanidine groups is 1. The summed E-state index contributed by atoms with van der Waals surface area (Å²) < 4.78 is 0. The Hall–Kier alpha value is -1.84. The number of carbonyl (C=O) groups is 2. The zero-order valence-corrected chi connectivity index (χ0v) is 21.2. The molecule has 1 unspecified atom stereocenters. The van der Waals surface area contributed by atoms with Crippen LogP contribution in [-0.4, -0.2) is 61.4 Å². The molecule has 2 aliphatic heterocycles. The van der Waals surface area contributed by atoms with Crippen LogP contribution in [0.1, 0.15) is 45.6 Å². The number of aliphatic imine (C=N–C) groups is 1. The second-order valence-corrected chi connectivity index (χ2v) is 8.36. The van der Waals surface area contributed by atoms with E-state index in [9.17, 15) is 9.59 Å². The van der Waals surface area contributed by atoms with E-state index in [0.717, 1.165) is 50.5 Å². The van der Waals surface area contributed by atoms with Gasteiger partial charge in [0, 0.05) is 56.8 Å². The minimum absolute atomic E-state index is 0. The molecule has 2 amide bonds. The zero-order valence-electron chi connectivity index (χ0n) is 18.9. The number of halogens is 1. The monoisotopic (exact) mass is 541 g/mol. The molecular weight excluding hydrogens is 505 g/mol. The maximum atomic E-state index is 12.6. The van der Waals surface area contributed by atoms with Gasteiger partial charge in [0.25, 0.3) is 0 Å². The molecule has 0 spiro atoms. The first kappa shape index (κ1) is 25.4. The first-order valence-electron chi connectivity index (χ1n) is 11.2. The number of amides is 2. The lowest BCUT2D eigenvalue weighted by molar-refractivity contribution is -0.133. The van der Waals surface area contributed by atoms with Crippen LogP contribution in [0.2, 0.25) is 0 Å². The molecule has 0 saturated carbocycles. The standard InChI is InChI=1S/C23H35N5O2.HI/c1-4-24-23(26-19-12-14-27(16-19)22(30)17(2)3)25-13-7-10-21(29)28-15-11-18-8-5-6-9-20(18)28;/h5-6,8-9,17,19H,4,7,10-16H2,1-3H3,(H2,24,25,26);1H. The Balaban J connectivity index is 0.00000341. The Labute approximate surface area is 203 Å². The first-order chi connectivity index (χ1) is 14.5. The van der Waals surface area contributed by atoms with Crippen LogP contribution in [0.3, 0.4) is 0 Å². The molecule has 1 atom stereocenters. The molecule has 1 saturated heterocycles. The molecule has 172 valence electrons. The van der Waals surface area contributed by atoms with Crippen LogP contribution < -0.4 is 15.5 Å². The Kier molecular flexibility index (Phi) is 10.1. The van der Waals surface area contributed by atoms with Crippen molar-refractivity contribution >= 4 is 47.4 Å². The van der Waals surface area contributed by atoms with Gasteiger partial charge >= 0.3 is 0 Å². The number of rotatable bonds is 7. The summed E-state index contributed by atoms with van der Waals surface area (Å²) in [6.07, 6.45) is 3.08. The molecule has 1 aromatic carbocycles. The summed E-state index contributed by atoms with van der Waals surface area (Å²) in [6, 6.07) is 8.36. The largest absolute Gasteiger partial charge is 0.357 e. The van der Waals surface area contributed by atoms with Gasteiger partial charge in [-0.25, -0.2) is 0 Å². The van der Waals surface area contributed by atoms with E-state index >= 15 is 0 Å². The van der Waals surface area contributed by atoms with Crippen molar-refractivity contribution in [2.75, 3.05) is 37.6 Å². The SMILES string of the molecule is CCNC(=NCCCC(=O)N1CCc2ccccc21)NC1CCN(C(=O)C(C)C)C1.I. The van der Waals surface area contributed by atoms with Crippen LogP contribution in [0.4, 0.5) is 5.69 Å². The van der Waals surface area contributed by atoms with E-state index < -0.39 is 0 Å². The molecule has 2 N–H and O–H groups in total. The van der Waals surface area contributed by atoms with Crippen molar-refractivity contribution in [1.29, 1.82) is 0 Å². The van der Waals surface area contributed by atoms with Crippen LogP contribution in [0, 0.1) is 5.92 Å². The third-order valence-corrected chi connectivity index (χ3v) is 5.69. The summed E-state index contributed by atoms with van der Waals surface area (Å²) in [5, 5.41) is 6.72. The molecule has 7 nitrogen and oxygen atoms in total. The molecule has 0 bridgehead atoms. The Bertz CT molecular complexity index is 783. The number of nitrogens with zero attached hydrogens (tertiary/aromatic N) is 3. The fourth-order valence-corrected chi connectivity index (χ4v) is 4.11. The van der Waals surface area contributed by atoms with Crippen molar-refractivity contribution < 1.29 is 9.59 Å². The topological polar surface area (TPSA) is 77.0 Å². The van der Waals surface area contributed by atoms with Crippen LogP contribution >= 0.6 is 24.0 Å². The Morgan fingerprint density at radius 1 is 1.23 bits per heavy atom. The van der Waals surface area contributed by atoms with Crippen molar-refractivity contribution in [3.8, 4) is 0 Å². The molecular formula is C23H36IN5O2. The minimum atomic E-state index is 0. The number of nitrogens with one attached hydrogen (secondary N) is 2. The van der Waals surface area contributed by atoms with Gasteiger partial charge in [-0.15, -0.1) is 24.0 Å². The lowest BCUT2D eigenvalue weighted by Crippen LogP contribution is -2.45. The van der Waals surface area contributed by atoms with Crippen molar-refractivity contribution in [2.24, 2.45) is 10.9 Å². The van der Waals surface area contributed by atoms with Gasteiger partial charge in [0.15, 0.2) is 5.96 Å². The number of para-hydroxylation sites is 1. The van der Waals surface area contributed by atoms with E-state index in [2.05, 4.69) is 21.7 Å². The molecule has 1 fully saturated rings. The molecule has 2 heterocycles. The molecule has 3 rings (SSSR count). The summed E-state index contributed by atoms with van der Waals surface area (Å²) in [5.41, 5.74) is 2.31. The Morgan fingerprint density at radius 3 is 2.74 bits per heavy atom. The summed E-state index contributed by atoms with van der Waals surface area (Å²) in [4.78, 5) is 33.3. The van der Waals surface area contributed by atoms with Crippen LogP contribution in [-0.2, 0) is 16.0 Å². The molecule has 0 radical (unpaired) electrons. The second kappa shape index (κ2) is 12.3. The first-order valence-corrected chi connectivity index (χ1v) is 11.2. The Morgan fingerprint density at radius 2 is 2.00 bits per heavy atom. The number of benzene rings is 1. The third kappa shape index (κ3) is 6.82. The highest BCUT2D eigenvalue weighted by molar-refractivity contribution is 14.0. The fraction of sp³-hybridized carbons (Fsp3) is 0.609. The van der Waals surface area contributed by atoms with Gasteiger partial charge in [0.1, 0.15) is 0 Å². The van der Waals surface area contributed by atoms with E-state index in [1.807, 2.05) is 48.8 Å². The van der Waals surface area contributed by atoms with Crippen molar-refractivity contribution in [1.82, 2.24) is 15.5 Å². The molecule has 31 heavy (non-hydrogen) atoms. The highest BCUT2D eigenvalue weighted by atomic mass is 127. The van der Waals surface area contributed by atoms with Crippen LogP contribution in [0.25, 0.3) is 0 Å². The van der Waals surface area contributed by atoms with Gasteiger partial charge in [-0.3, -0.25) is 14.6 Å². The summed E-state index contributed by atoms with van der Waals surface area (Å²) in [6.45, 7) is 9.57. The number of fused-ring (bicyclic) bond motifs is 1. The fourth-order valence-electron chi connectivity index (χ4n) is 4.11. The number of carbonyl (C=O) groups excluding carboxylic acids is 2. The number of hydrogen-bond acceptors (Lipinski definition) is 3.